The normalized spacial score (nSPS) is 15.2. The molecule has 1 atom stereocenters. The molecule has 1 rings (SSSR count). The molecule has 0 radical (unpaired) electrons. The third-order valence-electron chi connectivity index (χ3n) is 4.04. The van der Waals surface area contributed by atoms with Gasteiger partial charge >= 0.3 is 6.09 Å². The van der Waals surface area contributed by atoms with E-state index in [1.54, 1.807) is 11.0 Å². The maximum atomic E-state index is 12.1. The molecule has 0 aliphatic carbocycles. The molecule has 1 fully saturated rings. The molecule has 0 spiro atoms. The van der Waals surface area contributed by atoms with Crippen molar-refractivity contribution in [2.45, 2.75) is 67.4 Å². The van der Waals surface area contributed by atoms with E-state index in [0.29, 0.717) is 19.0 Å². The molecule has 0 aromatic rings. The van der Waals surface area contributed by atoms with Crippen LogP contribution in [0.15, 0.2) is 49.2 Å². The molecule has 1 heterocycles. The van der Waals surface area contributed by atoms with Gasteiger partial charge in [-0.15, -0.1) is 0 Å². The minimum Gasteiger partial charge on any atom is -0.444 e. The Hall–Kier alpha value is -1.97. The molecule has 0 N–H and O–H groups in total. The summed E-state index contributed by atoms with van der Waals surface area (Å²) >= 11 is 0. The molecule has 0 aromatic carbocycles. The largest absolute Gasteiger partial charge is 0.444 e. The van der Waals surface area contributed by atoms with Crippen molar-refractivity contribution in [3.8, 4) is 0 Å². The van der Waals surface area contributed by atoms with Crippen molar-refractivity contribution >= 4 is 6.09 Å². The SMILES string of the molecule is C=C/C=C(\C=C)C(C)CC(=C)N1CCN(C(=O)OC(C)(C)C)CC1.CC.CC. The average Bonchev–Trinajstić information content (AvgIpc) is 2.67. The van der Waals surface area contributed by atoms with Gasteiger partial charge in [0.2, 0.25) is 0 Å². The summed E-state index contributed by atoms with van der Waals surface area (Å²) in [5, 5.41) is 0. The summed E-state index contributed by atoms with van der Waals surface area (Å²) in [5.41, 5.74) is 1.81. The fourth-order valence-corrected chi connectivity index (χ4v) is 2.70. The van der Waals surface area contributed by atoms with Gasteiger partial charge in [-0.1, -0.05) is 72.6 Å². The van der Waals surface area contributed by atoms with Crippen LogP contribution < -0.4 is 0 Å². The van der Waals surface area contributed by atoms with Crippen molar-refractivity contribution in [3.05, 3.63) is 49.2 Å². The summed E-state index contributed by atoms with van der Waals surface area (Å²) < 4.78 is 5.43. The first kappa shape index (κ1) is 28.2. The highest BCUT2D eigenvalue weighted by atomic mass is 16.6. The second-order valence-electron chi connectivity index (χ2n) is 7.23. The Labute approximate surface area is 174 Å². The first-order chi connectivity index (χ1) is 13.2. The number of ether oxygens (including phenoxy) is 1. The van der Waals surface area contributed by atoms with Gasteiger partial charge in [0.15, 0.2) is 0 Å². The Morgan fingerprint density at radius 2 is 1.50 bits per heavy atom. The molecular formula is C24H44N2O2. The number of nitrogens with zero attached hydrogens (tertiary/aromatic N) is 2. The predicted molar refractivity (Wildman–Crippen MR) is 123 cm³/mol. The van der Waals surface area contributed by atoms with Gasteiger partial charge in [-0.2, -0.15) is 0 Å². The fraction of sp³-hybridized carbons (Fsp3) is 0.625. The van der Waals surface area contributed by atoms with E-state index in [9.17, 15) is 4.79 Å². The topological polar surface area (TPSA) is 32.8 Å². The third kappa shape index (κ3) is 11.0. The number of allylic oxidation sites excluding steroid dienone is 5. The van der Waals surface area contributed by atoms with Crippen LogP contribution in [0.2, 0.25) is 0 Å². The van der Waals surface area contributed by atoms with Gasteiger partial charge < -0.3 is 14.5 Å². The van der Waals surface area contributed by atoms with Crippen LogP contribution in [0.3, 0.4) is 0 Å². The number of hydrogen-bond acceptors (Lipinski definition) is 3. The van der Waals surface area contributed by atoms with Gasteiger partial charge in [-0.3, -0.25) is 0 Å². The van der Waals surface area contributed by atoms with E-state index >= 15 is 0 Å². The molecule has 0 bridgehead atoms. The highest BCUT2D eigenvalue weighted by Gasteiger charge is 2.26. The van der Waals surface area contributed by atoms with Gasteiger partial charge in [0.25, 0.3) is 0 Å². The Morgan fingerprint density at radius 1 is 1.04 bits per heavy atom. The van der Waals surface area contributed by atoms with Crippen molar-refractivity contribution in [3.63, 3.8) is 0 Å². The summed E-state index contributed by atoms with van der Waals surface area (Å²) in [7, 11) is 0. The number of hydrogen-bond donors (Lipinski definition) is 0. The molecule has 1 amide bonds. The molecule has 162 valence electrons. The van der Waals surface area contributed by atoms with Gasteiger partial charge in [-0.05, 0) is 38.7 Å². The monoisotopic (exact) mass is 392 g/mol. The second-order valence-corrected chi connectivity index (χ2v) is 7.23. The molecular weight excluding hydrogens is 348 g/mol. The quantitative estimate of drug-likeness (QED) is 0.488. The zero-order valence-electron chi connectivity index (χ0n) is 19.7. The van der Waals surface area contributed by atoms with Crippen molar-refractivity contribution in [1.29, 1.82) is 0 Å². The van der Waals surface area contributed by atoms with Crippen LogP contribution in [0.1, 0.15) is 61.8 Å². The lowest BCUT2D eigenvalue weighted by Gasteiger charge is -2.38. The first-order valence-corrected chi connectivity index (χ1v) is 10.5. The van der Waals surface area contributed by atoms with Crippen LogP contribution >= 0.6 is 0 Å². The van der Waals surface area contributed by atoms with E-state index < -0.39 is 5.60 Å². The van der Waals surface area contributed by atoms with Crippen molar-refractivity contribution in [2.24, 2.45) is 5.92 Å². The van der Waals surface area contributed by atoms with Gasteiger partial charge in [-0.25, -0.2) is 4.79 Å². The molecule has 0 saturated carbocycles. The number of rotatable bonds is 6. The van der Waals surface area contributed by atoms with Crippen LogP contribution in [0.4, 0.5) is 4.79 Å². The zero-order chi connectivity index (χ0) is 22.3. The van der Waals surface area contributed by atoms with Gasteiger partial charge in [0, 0.05) is 31.9 Å². The number of piperazine rings is 1. The van der Waals surface area contributed by atoms with E-state index in [1.807, 2.05) is 60.6 Å². The van der Waals surface area contributed by atoms with Gasteiger partial charge in [0.05, 0.1) is 0 Å². The average molecular weight is 393 g/mol. The predicted octanol–water partition coefficient (Wildman–Crippen LogP) is 6.43. The van der Waals surface area contributed by atoms with Crippen molar-refractivity contribution < 1.29 is 9.53 Å². The molecule has 1 unspecified atom stereocenters. The summed E-state index contributed by atoms with van der Waals surface area (Å²) in [4.78, 5) is 16.1. The molecule has 0 aromatic heterocycles. The molecule has 1 saturated heterocycles. The van der Waals surface area contributed by atoms with Crippen LogP contribution in [0.25, 0.3) is 0 Å². The molecule has 1 aliphatic rings. The summed E-state index contributed by atoms with van der Waals surface area (Å²) in [6, 6.07) is 0. The fourth-order valence-electron chi connectivity index (χ4n) is 2.70. The summed E-state index contributed by atoms with van der Waals surface area (Å²) in [5.74, 6) is 0.344. The van der Waals surface area contributed by atoms with Crippen LogP contribution in [0.5, 0.6) is 0 Å². The third-order valence-corrected chi connectivity index (χ3v) is 4.04. The second kappa shape index (κ2) is 15.0. The maximum absolute atomic E-state index is 12.1. The lowest BCUT2D eigenvalue weighted by atomic mass is 9.95. The first-order valence-electron chi connectivity index (χ1n) is 10.5. The molecule has 1 aliphatic heterocycles. The van der Waals surface area contributed by atoms with Crippen LogP contribution in [-0.4, -0.2) is 47.7 Å². The lowest BCUT2D eigenvalue weighted by molar-refractivity contribution is 0.0166. The number of carbonyl (C=O) groups is 1. The van der Waals surface area contributed by atoms with E-state index in [2.05, 4.69) is 31.6 Å². The Balaban J connectivity index is 0. The van der Waals surface area contributed by atoms with Gasteiger partial charge in [0.1, 0.15) is 5.60 Å². The lowest BCUT2D eigenvalue weighted by Crippen LogP contribution is -2.49. The van der Waals surface area contributed by atoms with Crippen molar-refractivity contribution in [1.82, 2.24) is 9.80 Å². The molecule has 28 heavy (non-hydrogen) atoms. The van der Waals surface area contributed by atoms with Crippen LogP contribution in [-0.2, 0) is 4.74 Å². The summed E-state index contributed by atoms with van der Waals surface area (Å²) in [6.45, 7) is 30.6. The van der Waals surface area contributed by atoms with Crippen molar-refractivity contribution in [2.75, 3.05) is 26.2 Å². The minimum absolute atomic E-state index is 0.232. The molecule has 4 nitrogen and oxygen atoms in total. The smallest absolute Gasteiger partial charge is 0.410 e. The van der Waals surface area contributed by atoms with E-state index in [0.717, 1.165) is 25.2 Å². The number of amides is 1. The highest BCUT2D eigenvalue weighted by molar-refractivity contribution is 5.68. The number of carbonyl (C=O) groups excluding carboxylic acids is 1. The standard InChI is InChI=1S/C20H32N2O2.2C2H6/c1-8-10-18(9-2)16(3)15-17(4)21-11-13-22(14-12-21)19(23)24-20(5,6)7;2*1-2/h8-10,16H,1-2,4,11-15H2,3,5-7H3;2*1-2H3/b18-10+;;. The van der Waals surface area contributed by atoms with E-state index in [4.69, 9.17) is 4.74 Å². The Bertz CT molecular complexity index is 507. The Morgan fingerprint density at radius 3 is 1.89 bits per heavy atom. The maximum Gasteiger partial charge on any atom is 0.410 e. The minimum atomic E-state index is -0.453. The Kier molecular flexibility index (Phi) is 15.1. The van der Waals surface area contributed by atoms with Crippen LogP contribution in [0, 0.1) is 5.92 Å². The van der Waals surface area contributed by atoms with E-state index in [-0.39, 0.29) is 6.09 Å². The van der Waals surface area contributed by atoms with E-state index in [1.165, 1.54) is 5.57 Å². The molecule has 4 heteroatoms. The highest BCUT2D eigenvalue weighted by Crippen LogP contribution is 2.23. The zero-order valence-corrected chi connectivity index (χ0v) is 19.7. The summed E-state index contributed by atoms with van der Waals surface area (Å²) in [6.07, 6.45) is 6.29.